The quantitative estimate of drug-likeness (QED) is 0.222. The van der Waals surface area contributed by atoms with Crippen molar-refractivity contribution < 1.29 is 14.3 Å². The number of ether oxygens (including phenoxy) is 2. The lowest BCUT2D eigenvalue weighted by molar-refractivity contribution is -0.133. The molecule has 1 saturated carbocycles. The summed E-state index contributed by atoms with van der Waals surface area (Å²) in [7, 11) is 0. The molecule has 0 radical (unpaired) electrons. The summed E-state index contributed by atoms with van der Waals surface area (Å²) in [5, 5.41) is 8.62. The number of likely N-dealkylation sites (tertiary alicyclic amines) is 1. The van der Waals surface area contributed by atoms with E-state index >= 15 is 0 Å². The molecule has 0 spiro atoms. The maximum Gasteiger partial charge on any atom is 0.233 e. The van der Waals surface area contributed by atoms with E-state index in [1.54, 1.807) is 10.9 Å². The fourth-order valence-corrected chi connectivity index (χ4v) is 7.78. The number of morpholine rings is 1. The number of hydrogen-bond acceptors (Lipinski definition) is 10. The molecule has 264 valence electrons. The molecule has 6 heterocycles. The van der Waals surface area contributed by atoms with E-state index in [2.05, 4.69) is 48.0 Å². The Balaban J connectivity index is 0.975. The lowest BCUT2D eigenvalue weighted by Gasteiger charge is -2.34. The molecule has 3 N–H and O–H groups in total. The van der Waals surface area contributed by atoms with Crippen LogP contribution in [0.1, 0.15) is 49.3 Å². The van der Waals surface area contributed by atoms with Gasteiger partial charge in [-0.3, -0.25) is 14.3 Å². The number of piperidine rings is 1. The van der Waals surface area contributed by atoms with Gasteiger partial charge < -0.3 is 25.4 Å². The van der Waals surface area contributed by atoms with Gasteiger partial charge in [0.25, 0.3) is 0 Å². The van der Waals surface area contributed by atoms with Crippen LogP contribution in [0.3, 0.4) is 0 Å². The Morgan fingerprint density at radius 3 is 2.67 bits per heavy atom. The largest absolute Gasteiger partial charge is 0.475 e. The van der Waals surface area contributed by atoms with E-state index in [1.807, 2.05) is 36.5 Å². The lowest BCUT2D eigenvalue weighted by Crippen LogP contribution is -2.46. The molecule has 2 saturated heterocycles. The highest BCUT2D eigenvalue weighted by Crippen LogP contribution is 2.37. The molecule has 4 aromatic heterocycles. The molecule has 2 aliphatic carbocycles. The van der Waals surface area contributed by atoms with E-state index in [-0.39, 0.29) is 0 Å². The van der Waals surface area contributed by atoms with Crippen LogP contribution in [0, 0.1) is 5.92 Å². The summed E-state index contributed by atoms with van der Waals surface area (Å²) < 4.78 is 15.3. The highest BCUT2D eigenvalue weighted by Gasteiger charge is 2.35. The second-order valence-electron chi connectivity index (χ2n) is 14.1. The highest BCUT2D eigenvalue weighted by molar-refractivity contribution is 5.83. The molecule has 51 heavy (non-hydrogen) atoms. The van der Waals surface area contributed by atoms with Gasteiger partial charge in [0.15, 0.2) is 17.3 Å². The van der Waals surface area contributed by atoms with Crippen molar-refractivity contribution >= 4 is 22.9 Å². The first kappa shape index (κ1) is 32.1. The van der Waals surface area contributed by atoms with Gasteiger partial charge >= 0.3 is 0 Å². The maximum absolute atomic E-state index is 12.6. The van der Waals surface area contributed by atoms with Gasteiger partial charge in [-0.15, -0.1) is 5.10 Å². The number of benzene rings is 1. The van der Waals surface area contributed by atoms with E-state index in [1.165, 1.54) is 11.1 Å². The van der Waals surface area contributed by atoms with Gasteiger partial charge in [0.1, 0.15) is 17.9 Å². The molecular weight excluding hydrogens is 644 g/mol. The fourth-order valence-electron chi connectivity index (χ4n) is 7.78. The van der Waals surface area contributed by atoms with Gasteiger partial charge in [0.2, 0.25) is 11.8 Å². The van der Waals surface area contributed by atoms with E-state index < -0.39 is 0 Å². The molecule has 1 amide bonds. The standard InChI is InChI=1S/C38H44N10O3/c39-35-30(2-1-14-40-35)36-42-32-9-10-33(47-17-13-34(44-47)51-23-20-45-18-21-50-22-19-45)43-37(32)48(36)28-6-7-29-26(24-28)5-8-31(29)41-27-11-15-46(16-12-27)38(49)25-3-4-25/h1-2,6-7,9-10,13-14,17,24-25,27,31,41H,3-5,8,11-12,15-16,18-23H2,(H2,39,40)/t31-/m0/s1. The number of hydrogen-bond donors (Lipinski definition) is 2. The summed E-state index contributed by atoms with van der Waals surface area (Å²) in [6.45, 7) is 6.48. The maximum atomic E-state index is 12.6. The van der Waals surface area contributed by atoms with E-state index in [0.717, 1.165) is 101 Å². The zero-order chi connectivity index (χ0) is 34.3. The molecule has 0 bridgehead atoms. The van der Waals surface area contributed by atoms with Crippen molar-refractivity contribution in [1.29, 1.82) is 0 Å². The summed E-state index contributed by atoms with van der Waals surface area (Å²) in [5.41, 5.74) is 12.3. The molecule has 1 aromatic carbocycles. The number of amides is 1. The highest BCUT2D eigenvalue weighted by atomic mass is 16.5. The van der Waals surface area contributed by atoms with E-state index in [9.17, 15) is 4.79 Å². The van der Waals surface area contributed by atoms with Gasteiger partial charge in [-0.2, -0.15) is 0 Å². The van der Waals surface area contributed by atoms with Gasteiger partial charge in [0.05, 0.1) is 18.8 Å². The van der Waals surface area contributed by atoms with Gasteiger partial charge in [0, 0.05) is 74.9 Å². The van der Waals surface area contributed by atoms with Crippen molar-refractivity contribution in [2.75, 3.05) is 58.3 Å². The zero-order valence-electron chi connectivity index (χ0n) is 28.8. The summed E-state index contributed by atoms with van der Waals surface area (Å²) >= 11 is 0. The molecule has 2 aliphatic heterocycles. The monoisotopic (exact) mass is 688 g/mol. The molecular formula is C38H44N10O3. The number of rotatable bonds is 10. The normalized spacial score (nSPS) is 19.8. The first-order chi connectivity index (χ1) is 25.1. The van der Waals surface area contributed by atoms with Crippen LogP contribution in [-0.2, 0) is 16.0 Å². The number of nitrogens with two attached hydrogens (primary N) is 1. The van der Waals surface area contributed by atoms with Gasteiger partial charge in [-0.05, 0) is 86.1 Å². The zero-order valence-corrected chi connectivity index (χ0v) is 28.8. The van der Waals surface area contributed by atoms with E-state index in [0.29, 0.717) is 59.5 Å². The molecule has 9 rings (SSSR count). The van der Waals surface area contributed by atoms with Crippen LogP contribution in [0.15, 0.2) is 60.9 Å². The Bertz CT molecular complexity index is 2040. The number of nitrogens with one attached hydrogen (secondary N) is 1. The van der Waals surface area contributed by atoms with E-state index in [4.69, 9.17) is 25.2 Å². The summed E-state index contributed by atoms with van der Waals surface area (Å²) in [6.07, 6.45) is 9.74. The molecule has 3 fully saturated rings. The second-order valence-corrected chi connectivity index (χ2v) is 14.1. The van der Waals surface area contributed by atoms with Crippen LogP contribution in [-0.4, -0.2) is 104 Å². The van der Waals surface area contributed by atoms with Crippen LogP contribution >= 0.6 is 0 Å². The Morgan fingerprint density at radius 2 is 1.84 bits per heavy atom. The Kier molecular flexibility index (Phi) is 8.62. The first-order valence-corrected chi connectivity index (χ1v) is 18.3. The van der Waals surface area contributed by atoms with Crippen LogP contribution in [0.5, 0.6) is 5.88 Å². The summed E-state index contributed by atoms with van der Waals surface area (Å²) in [6, 6.07) is 17.0. The number of aryl methyl sites for hydroxylation is 1. The minimum Gasteiger partial charge on any atom is -0.475 e. The van der Waals surface area contributed by atoms with Crippen molar-refractivity contribution in [3.8, 4) is 28.8 Å². The van der Waals surface area contributed by atoms with Gasteiger partial charge in [-0.25, -0.2) is 19.6 Å². The molecule has 5 aromatic rings. The average molecular weight is 689 g/mol. The minimum absolute atomic E-state index is 0.295. The number of carbonyl (C=O) groups excluding carboxylic acids is 1. The van der Waals surface area contributed by atoms with Crippen LogP contribution in [0.2, 0.25) is 0 Å². The number of nitrogen functional groups attached to an aromatic ring is 1. The minimum atomic E-state index is 0.295. The third-order valence-corrected chi connectivity index (χ3v) is 10.8. The Labute approximate surface area is 296 Å². The topological polar surface area (TPSA) is 141 Å². The number of carbonyl (C=O) groups is 1. The molecule has 1 atom stereocenters. The van der Waals surface area contributed by atoms with Crippen molar-refractivity contribution in [2.45, 2.75) is 50.6 Å². The number of pyridine rings is 2. The SMILES string of the molecule is Nc1ncccc1-c1nc2ccc(-n3ccc(OCCN4CCOCC4)n3)nc2n1-c1ccc2c(c1)CC[C@@H]2NC1CCN(C(=O)C2CC2)CC1. The van der Waals surface area contributed by atoms with Gasteiger partial charge in [-0.1, -0.05) is 6.07 Å². The van der Waals surface area contributed by atoms with Crippen LogP contribution < -0.4 is 15.8 Å². The third kappa shape index (κ3) is 6.57. The third-order valence-electron chi connectivity index (χ3n) is 10.8. The lowest BCUT2D eigenvalue weighted by atomic mass is 10.0. The Hall–Kier alpha value is -4.85. The molecule has 4 aliphatic rings. The smallest absolute Gasteiger partial charge is 0.233 e. The summed E-state index contributed by atoms with van der Waals surface area (Å²) in [5.74, 6) is 2.98. The van der Waals surface area contributed by atoms with Crippen LogP contribution in [0.4, 0.5) is 5.82 Å². The second kappa shape index (κ2) is 13.7. The van der Waals surface area contributed by atoms with Crippen molar-refractivity contribution in [2.24, 2.45) is 5.92 Å². The molecule has 0 unspecified atom stereocenters. The van der Waals surface area contributed by atoms with Crippen molar-refractivity contribution in [1.82, 2.24) is 44.4 Å². The Morgan fingerprint density at radius 1 is 0.980 bits per heavy atom. The summed E-state index contributed by atoms with van der Waals surface area (Å²) in [4.78, 5) is 31.5. The number of nitrogens with zero attached hydrogens (tertiary/aromatic N) is 8. The molecule has 13 heteroatoms. The first-order valence-electron chi connectivity index (χ1n) is 18.3. The average Bonchev–Trinajstić information content (AvgIpc) is 3.60. The number of imidazole rings is 1. The predicted octanol–water partition coefficient (Wildman–Crippen LogP) is 3.94. The van der Waals surface area contributed by atoms with Crippen molar-refractivity contribution in [3.05, 3.63) is 72.1 Å². The van der Waals surface area contributed by atoms with Crippen LogP contribution in [0.25, 0.3) is 34.1 Å². The van der Waals surface area contributed by atoms with Crippen molar-refractivity contribution in [3.63, 3.8) is 0 Å². The number of aromatic nitrogens is 6. The number of fused-ring (bicyclic) bond motifs is 2. The predicted molar refractivity (Wildman–Crippen MR) is 193 cm³/mol. The fraction of sp³-hybridized carbons (Fsp3) is 0.447. The molecule has 13 nitrogen and oxygen atoms in total. The number of anilines is 1.